The molecule has 0 aliphatic carbocycles. The average Bonchev–Trinajstić information content (AvgIpc) is 2.54. The molecule has 2 aromatic rings. The Balaban J connectivity index is 1.93. The number of carboxylic acids is 1. The normalized spacial score (nSPS) is 10.6. The summed E-state index contributed by atoms with van der Waals surface area (Å²) in [6.45, 7) is 3.90. The first-order chi connectivity index (χ1) is 11.4. The van der Waals surface area contributed by atoms with Crippen molar-refractivity contribution in [3.8, 4) is 5.75 Å². The summed E-state index contributed by atoms with van der Waals surface area (Å²) in [5, 5.41) is 11.4. The number of hydrogen-bond donors (Lipinski definition) is 2. The van der Waals surface area contributed by atoms with Gasteiger partial charge >= 0.3 is 5.97 Å². The molecule has 1 amide bonds. The van der Waals surface area contributed by atoms with Gasteiger partial charge in [0, 0.05) is 11.8 Å². The molecule has 0 spiro atoms. The summed E-state index contributed by atoms with van der Waals surface area (Å²) >= 11 is 0. The first-order valence-electron chi connectivity index (χ1n) is 7.45. The van der Waals surface area contributed by atoms with Gasteiger partial charge in [0.05, 0.1) is 0 Å². The number of nitrogens with one attached hydrogen (secondary N) is 1. The van der Waals surface area contributed by atoms with Crippen LogP contribution in [0.25, 0.3) is 6.08 Å². The fourth-order valence-corrected chi connectivity index (χ4v) is 2.04. The summed E-state index contributed by atoms with van der Waals surface area (Å²) in [7, 11) is 0. The zero-order valence-corrected chi connectivity index (χ0v) is 13.6. The van der Waals surface area contributed by atoms with Crippen LogP contribution in [0.15, 0.2) is 48.5 Å². The van der Waals surface area contributed by atoms with E-state index in [-0.39, 0.29) is 12.5 Å². The van der Waals surface area contributed by atoms with Crippen molar-refractivity contribution in [3.63, 3.8) is 0 Å². The number of aryl methyl sites for hydroxylation is 2. The van der Waals surface area contributed by atoms with E-state index in [1.54, 1.807) is 24.3 Å². The predicted octanol–water partition coefficient (Wildman–Crippen LogP) is 3.42. The lowest BCUT2D eigenvalue weighted by molar-refractivity contribution is -0.131. The highest BCUT2D eigenvalue weighted by atomic mass is 16.5. The van der Waals surface area contributed by atoms with Gasteiger partial charge in [0.15, 0.2) is 6.61 Å². The van der Waals surface area contributed by atoms with E-state index in [2.05, 4.69) is 5.32 Å². The number of anilines is 1. The van der Waals surface area contributed by atoms with Crippen molar-refractivity contribution < 1.29 is 19.4 Å². The molecule has 0 fully saturated rings. The molecule has 0 saturated heterocycles. The maximum absolute atomic E-state index is 12.0. The van der Waals surface area contributed by atoms with Gasteiger partial charge in [-0.3, -0.25) is 4.79 Å². The van der Waals surface area contributed by atoms with Gasteiger partial charge in [0.1, 0.15) is 5.75 Å². The molecule has 2 rings (SSSR count). The predicted molar refractivity (Wildman–Crippen MR) is 93.2 cm³/mol. The highest BCUT2D eigenvalue weighted by molar-refractivity contribution is 5.92. The third-order valence-electron chi connectivity index (χ3n) is 3.44. The summed E-state index contributed by atoms with van der Waals surface area (Å²) in [5.41, 5.74) is 3.53. The molecule has 24 heavy (non-hydrogen) atoms. The van der Waals surface area contributed by atoms with E-state index in [0.29, 0.717) is 17.0 Å². The minimum Gasteiger partial charge on any atom is -0.484 e. The van der Waals surface area contributed by atoms with Crippen molar-refractivity contribution in [1.82, 2.24) is 0 Å². The Morgan fingerprint density at radius 2 is 1.92 bits per heavy atom. The molecule has 2 N–H and O–H groups in total. The zero-order chi connectivity index (χ0) is 17.5. The third kappa shape index (κ3) is 5.28. The van der Waals surface area contributed by atoms with Crippen LogP contribution in [0.1, 0.15) is 16.7 Å². The summed E-state index contributed by atoms with van der Waals surface area (Å²) < 4.78 is 5.48. The summed E-state index contributed by atoms with van der Waals surface area (Å²) in [4.78, 5) is 22.5. The maximum atomic E-state index is 12.0. The number of carbonyl (C=O) groups excluding carboxylic acids is 1. The van der Waals surface area contributed by atoms with Crippen LogP contribution in [0.5, 0.6) is 5.75 Å². The van der Waals surface area contributed by atoms with Gasteiger partial charge in [0.2, 0.25) is 0 Å². The lowest BCUT2D eigenvalue weighted by atomic mass is 10.1. The van der Waals surface area contributed by atoms with Crippen molar-refractivity contribution in [2.24, 2.45) is 0 Å². The number of aliphatic carboxylic acids is 1. The molecule has 0 aliphatic heterocycles. The van der Waals surface area contributed by atoms with Gasteiger partial charge in [-0.2, -0.15) is 0 Å². The Morgan fingerprint density at radius 1 is 1.12 bits per heavy atom. The lowest BCUT2D eigenvalue weighted by Crippen LogP contribution is -2.20. The molecular formula is C19H19NO4. The number of carboxylic acid groups (broad SMARTS) is 1. The van der Waals surface area contributed by atoms with Gasteiger partial charge in [-0.1, -0.05) is 18.2 Å². The Labute approximate surface area is 140 Å². The van der Waals surface area contributed by atoms with Crippen molar-refractivity contribution in [2.75, 3.05) is 11.9 Å². The molecule has 124 valence electrons. The van der Waals surface area contributed by atoms with Crippen LogP contribution in [-0.4, -0.2) is 23.6 Å². The monoisotopic (exact) mass is 325 g/mol. The molecule has 5 nitrogen and oxygen atoms in total. The van der Waals surface area contributed by atoms with Crippen molar-refractivity contribution in [3.05, 3.63) is 65.2 Å². The Kier molecular flexibility index (Phi) is 5.73. The molecule has 0 unspecified atom stereocenters. The van der Waals surface area contributed by atoms with E-state index < -0.39 is 5.97 Å². The molecular weight excluding hydrogens is 306 g/mol. The second-order valence-corrected chi connectivity index (χ2v) is 5.38. The van der Waals surface area contributed by atoms with E-state index in [1.165, 1.54) is 6.08 Å². The smallest absolute Gasteiger partial charge is 0.328 e. The number of benzene rings is 2. The number of ether oxygens (including phenoxy) is 1. The zero-order valence-electron chi connectivity index (χ0n) is 13.6. The quantitative estimate of drug-likeness (QED) is 0.798. The largest absolute Gasteiger partial charge is 0.484 e. The first-order valence-corrected chi connectivity index (χ1v) is 7.45. The van der Waals surface area contributed by atoms with Gasteiger partial charge in [0.25, 0.3) is 5.91 Å². The van der Waals surface area contributed by atoms with Gasteiger partial charge < -0.3 is 15.2 Å². The Hall–Kier alpha value is -3.08. The SMILES string of the molecule is Cc1ccc(OCC(=O)Nc2cccc(/C=C/C(=O)O)c2)cc1C. The van der Waals surface area contributed by atoms with Crippen LogP contribution >= 0.6 is 0 Å². The maximum Gasteiger partial charge on any atom is 0.328 e. The van der Waals surface area contributed by atoms with Crippen molar-refractivity contribution >= 4 is 23.6 Å². The fourth-order valence-electron chi connectivity index (χ4n) is 2.04. The minimum absolute atomic E-state index is 0.0995. The number of amides is 1. The molecule has 0 aromatic heterocycles. The molecule has 0 saturated carbocycles. The molecule has 2 aromatic carbocycles. The first kappa shape index (κ1) is 17.3. The van der Waals surface area contributed by atoms with Crippen LogP contribution < -0.4 is 10.1 Å². The van der Waals surface area contributed by atoms with E-state index in [0.717, 1.165) is 17.2 Å². The van der Waals surface area contributed by atoms with E-state index >= 15 is 0 Å². The van der Waals surface area contributed by atoms with Crippen LogP contribution in [0.4, 0.5) is 5.69 Å². The van der Waals surface area contributed by atoms with E-state index in [4.69, 9.17) is 9.84 Å². The molecule has 0 atom stereocenters. The number of rotatable bonds is 6. The highest BCUT2D eigenvalue weighted by Gasteiger charge is 2.05. The van der Waals surface area contributed by atoms with Gasteiger partial charge in [-0.05, 0) is 60.9 Å². The lowest BCUT2D eigenvalue weighted by Gasteiger charge is -2.09. The standard InChI is InChI=1S/C19H19NO4/c1-13-6-8-17(10-14(13)2)24-12-18(21)20-16-5-3-4-15(11-16)7-9-19(22)23/h3-11H,12H2,1-2H3,(H,20,21)(H,22,23)/b9-7+. The van der Waals surface area contributed by atoms with Crippen LogP contribution in [0, 0.1) is 13.8 Å². The second-order valence-electron chi connectivity index (χ2n) is 5.38. The van der Waals surface area contributed by atoms with Gasteiger partial charge in [-0.25, -0.2) is 4.79 Å². The second kappa shape index (κ2) is 7.97. The molecule has 5 heteroatoms. The molecule has 0 heterocycles. The topological polar surface area (TPSA) is 75.6 Å². The Morgan fingerprint density at radius 3 is 2.62 bits per heavy atom. The highest BCUT2D eigenvalue weighted by Crippen LogP contribution is 2.17. The fraction of sp³-hybridized carbons (Fsp3) is 0.158. The van der Waals surface area contributed by atoms with Crippen molar-refractivity contribution in [2.45, 2.75) is 13.8 Å². The van der Waals surface area contributed by atoms with Crippen LogP contribution in [0.3, 0.4) is 0 Å². The van der Waals surface area contributed by atoms with Gasteiger partial charge in [-0.15, -0.1) is 0 Å². The average molecular weight is 325 g/mol. The molecule has 0 radical (unpaired) electrons. The minimum atomic E-state index is -1.02. The van der Waals surface area contributed by atoms with Crippen molar-refractivity contribution in [1.29, 1.82) is 0 Å². The van der Waals surface area contributed by atoms with E-state index in [1.807, 2.05) is 32.0 Å². The molecule has 0 bridgehead atoms. The molecule has 0 aliphatic rings. The van der Waals surface area contributed by atoms with E-state index in [9.17, 15) is 9.59 Å². The van der Waals surface area contributed by atoms with Crippen LogP contribution in [0.2, 0.25) is 0 Å². The third-order valence-corrected chi connectivity index (χ3v) is 3.44. The number of carbonyl (C=O) groups is 2. The summed E-state index contributed by atoms with van der Waals surface area (Å²) in [5.74, 6) is -0.662. The summed E-state index contributed by atoms with van der Waals surface area (Å²) in [6, 6.07) is 12.6. The Bertz CT molecular complexity index is 781. The number of hydrogen-bond acceptors (Lipinski definition) is 3. The summed E-state index contributed by atoms with van der Waals surface area (Å²) in [6.07, 6.45) is 2.51. The van der Waals surface area contributed by atoms with Crippen LogP contribution in [-0.2, 0) is 9.59 Å².